The Morgan fingerprint density at radius 1 is 0.893 bits per heavy atom. The molecule has 0 bridgehead atoms. The molecule has 0 radical (unpaired) electrons. The number of carbonyl (C=O) groups is 3. The molecule has 7 heteroatoms. The molecule has 3 aromatic rings. The van der Waals surface area contributed by atoms with Crippen LogP contribution in [0, 0.1) is 0 Å². The molecule has 0 unspecified atom stereocenters. The molecule has 0 amide bonds. The normalized spacial score (nSPS) is 12.3. The third kappa shape index (κ3) is 2.57. The van der Waals surface area contributed by atoms with E-state index >= 15 is 0 Å². The number of carboxylic acids is 1. The third-order valence-corrected chi connectivity index (χ3v) is 4.51. The smallest absolute Gasteiger partial charge is 0.335 e. The Kier molecular flexibility index (Phi) is 3.85. The summed E-state index contributed by atoms with van der Waals surface area (Å²) in [5.74, 6) is -2.24. The predicted molar refractivity (Wildman–Crippen MR) is 99.3 cm³/mol. The van der Waals surface area contributed by atoms with Crippen LogP contribution in [0.1, 0.15) is 42.2 Å². The molecular weight excluding hydrogens is 362 g/mol. The number of ketones is 2. The zero-order chi connectivity index (χ0) is 20.0. The maximum absolute atomic E-state index is 12.9. The summed E-state index contributed by atoms with van der Waals surface area (Å²) in [6.45, 7) is 0. The van der Waals surface area contributed by atoms with Crippen LogP contribution >= 0.6 is 0 Å². The molecule has 1 aliphatic rings. The minimum absolute atomic E-state index is 0.0140. The summed E-state index contributed by atoms with van der Waals surface area (Å²) in [5.41, 5.74) is 6.24. The fraction of sp³-hybridized carbons (Fsp3) is 0. The van der Waals surface area contributed by atoms with Gasteiger partial charge in [-0.1, -0.05) is 24.3 Å². The number of carbonyl (C=O) groups excluding carboxylic acids is 2. The van der Waals surface area contributed by atoms with Gasteiger partial charge in [-0.3, -0.25) is 9.59 Å². The van der Waals surface area contributed by atoms with Crippen LogP contribution in [-0.2, 0) is 0 Å². The van der Waals surface area contributed by atoms with Crippen molar-refractivity contribution < 1.29 is 29.3 Å². The third-order valence-electron chi connectivity index (χ3n) is 4.51. The summed E-state index contributed by atoms with van der Waals surface area (Å²) in [4.78, 5) is 36.6. The van der Waals surface area contributed by atoms with Gasteiger partial charge in [0.15, 0.2) is 17.3 Å². The van der Waals surface area contributed by atoms with Gasteiger partial charge in [-0.15, -0.1) is 0 Å². The number of carboxylic acid groups (broad SMARTS) is 1. The highest BCUT2D eigenvalue weighted by atomic mass is 16.5. The molecule has 0 heterocycles. The minimum atomic E-state index is -1.08. The molecule has 3 aromatic carbocycles. The number of aromatic hydroxyl groups is 1. The molecular formula is C21H13NO6. The van der Waals surface area contributed by atoms with Crippen molar-refractivity contribution in [2.24, 2.45) is 0 Å². The van der Waals surface area contributed by atoms with Gasteiger partial charge in [-0.2, -0.15) is 0 Å². The molecule has 0 fully saturated rings. The van der Waals surface area contributed by atoms with Crippen molar-refractivity contribution in [3.63, 3.8) is 0 Å². The van der Waals surface area contributed by atoms with Gasteiger partial charge in [-0.05, 0) is 24.3 Å². The van der Waals surface area contributed by atoms with E-state index in [0.29, 0.717) is 0 Å². The first-order valence-corrected chi connectivity index (χ1v) is 8.23. The molecule has 0 atom stereocenters. The van der Waals surface area contributed by atoms with Crippen LogP contribution in [0.15, 0.2) is 54.6 Å². The van der Waals surface area contributed by atoms with Crippen molar-refractivity contribution in [3.8, 4) is 17.2 Å². The highest BCUT2D eigenvalue weighted by Crippen LogP contribution is 2.42. The van der Waals surface area contributed by atoms with Gasteiger partial charge in [0.2, 0.25) is 0 Å². The summed E-state index contributed by atoms with van der Waals surface area (Å²) in [6.07, 6.45) is 0. The number of phenols is 1. The molecule has 0 aliphatic heterocycles. The monoisotopic (exact) mass is 375 g/mol. The van der Waals surface area contributed by atoms with Gasteiger partial charge in [0, 0.05) is 17.2 Å². The molecule has 28 heavy (non-hydrogen) atoms. The zero-order valence-corrected chi connectivity index (χ0v) is 14.3. The van der Waals surface area contributed by atoms with Crippen LogP contribution in [0.25, 0.3) is 0 Å². The van der Waals surface area contributed by atoms with Gasteiger partial charge in [0.05, 0.1) is 22.4 Å². The Bertz CT molecular complexity index is 1160. The van der Waals surface area contributed by atoms with Crippen LogP contribution in [0.2, 0.25) is 0 Å². The van der Waals surface area contributed by atoms with Crippen LogP contribution in [0.3, 0.4) is 0 Å². The molecule has 0 aromatic heterocycles. The number of benzene rings is 3. The Hall–Kier alpha value is -4.13. The SMILES string of the molecule is Nc1c(Oc2ccc(C(=O)O)cc2)cc(O)c2c1C(=O)c1ccccc1C2=O. The Morgan fingerprint density at radius 3 is 2.04 bits per heavy atom. The Balaban J connectivity index is 1.80. The zero-order valence-electron chi connectivity index (χ0n) is 14.3. The van der Waals surface area contributed by atoms with E-state index in [1.165, 1.54) is 42.5 Å². The number of hydrogen-bond donors (Lipinski definition) is 3. The molecule has 0 spiro atoms. The number of rotatable bonds is 3. The predicted octanol–water partition coefficient (Wildman–Crippen LogP) is 3.24. The van der Waals surface area contributed by atoms with Gasteiger partial charge in [-0.25, -0.2) is 4.79 Å². The second-order valence-electron chi connectivity index (χ2n) is 6.19. The molecule has 7 nitrogen and oxygen atoms in total. The lowest BCUT2D eigenvalue weighted by molar-refractivity contribution is 0.0696. The number of phenolic OH excluding ortho intramolecular Hbond substituents is 1. The van der Waals surface area contributed by atoms with Crippen molar-refractivity contribution in [1.29, 1.82) is 0 Å². The summed E-state index contributed by atoms with van der Waals surface area (Å²) >= 11 is 0. The average molecular weight is 375 g/mol. The standard InChI is InChI=1S/C21H13NO6/c22-18-15(28-11-7-5-10(6-8-11)21(26)27)9-14(23)16-17(18)20(25)13-4-2-1-3-12(13)19(16)24/h1-9,23H,22H2,(H,26,27). The van der Waals surface area contributed by atoms with Gasteiger partial charge >= 0.3 is 5.97 Å². The largest absolute Gasteiger partial charge is 0.507 e. The lowest BCUT2D eigenvalue weighted by Gasteiger charge is -2.21. The van der Waals surface area contributed by atoms with Crippen molar-refractivity contribution in [3.05, 3.63) is 82.4 Å². The minimum Gasteiger partial charge on any atom is -0.507 e. The maximum atomic E-state index is 12.9. The van der Waals surface area contributed by atoms with E-state index in [1.54, 1.807) is 12.1 Å². The highest BCUT2D eigenvalue weighted by molar-refractivity contribution is 6.31. The van der Waals surface area contributed by atoms with Crippen molar-refractivity contribution in [2.75, 3.05) is 5.73 Å². The molecule has 0 saturated carbocycles. The number of anilines is 1. The highest BCUT2D eigenvalue weighted by Gasteiger charge is 2.35. The van der Waals surface area contributed by atoms with Crippen molar-refractivity contribution in [2.45, 2.75) is 0 Å². The number of nitrogens with two attached hydrogens (primary N) is 1. The Labute approximate surface area is 158 Å². The maximum Gasteiger partial charge on any atom is 0.335 e. The number of ether oxygens (including phenoxy) is 1. The lowest BCUT2D eigenvalue weighted by Crippen LogP contribution is -2.22. The van der Waals surface area contributed by atoms with Crippen LogP contribution in [-0.4, -0.2) is 27.7 Å². The van der Waals surface area contributed by atoms with Gasteiger partial charge < -0.3 is 20.7 Å². The number of nitrogen functional groups attached to an aromatic ring is 1. The summed E-state index contributed by atoms with van der Waals surface area (Å²) in [5, 5.41) is 19.3. The van der Waals surface area contributed by atoms with Gasteiger partial charge in [0.1, 0.15) is 11.5 Å². The molecule has 4 rings (SSSR count). The van der Waals surface area contributed by atoms with Crippen molar-refractivity contribution in [1.82, 2.24) is 0 Å². The first-order valence-electron chi connectivity index (χ1n) is 8.23. The molecule has 4 N–H and O–H groups in total. The van der Waals surface area contributed by atoms with E-state index in [4.69, 9.17) is 15.6 Å². The average Bonchev–Trinajstić information content (AvgIpc) is 2.69. The lowest BCUT2D eigenvalue weighted by atomic mass is 9.82. The summed E-state index contributed by atoms with van der Waals surface area (Å²) in [6, 6.07) is 13.0. The van der Waals surface area contributed by atoms with E-state index in [2.05, 4.69) is 0 Å². The molecule has 0 saturated heterocycles. The van der Waals surface area contributed by atoms with E-state index < -0.39 is 23.3 Å². The quantitative estimate of drug-likeness (QED) is 0.370. The second-order valence-corrected chi connectivity index (χ2v) is 6.19. The van der Waals surface area contributed by atoms with E-state index in [-0.39, 0.29) is 45.0 Å². The van der Waals surface area contributed by atoms with Gasteiger partial charge in [0.25, 0.3) is 0 Å². The topological polar surface area (TPSA) is 127 Å². The van der Waals surface area contributed by atoms with Crippen molar-refractivity contribution >= 4 is 23.2 Å². The second kappa shape index (κ2) is 6.24. The first-order chi connectivity index (χ1) is 13.4. The van der Waals surface area contributed by atoms with Crippen LogP contribution in [0.4, 0.5) is 5.69 Å². The number of aromatic carboxylic acids is 1. The summed E-state index contributed by atoms with van der Waals surface area (Å²) in [7, 11) is 0. The fourth-order valence-electron chi connectivity index (χ4n) is 3.15. The number of hydrogen-bond acceptors (Lipinski definition) is 6. The number of fused-ring (bicyclic) bond motifs is 2. The van der Waals surface area contributed by atoms with Crippen LogP contribution < -0.4 is 10.5 Å². The summed E-state index contributed by atoms with van der Waals surface area (Å²) < 4.78 is 5.62. The Morgan fingerprint density at radius 2 is 1.46 bits per heavy atom. The fourth-order valence-corrected chi connectivity index (χ4v) is 3.15. The first kappa shape index (κ1) is 17.3. The van der Waals surface area contributed by atoms with E-state index in [0.717, 1.165) is 0 Å². The van der Waals surface area contributed by atoms with Crippen LogP contribution in [0.5, 0.6) is 17.2 Å². The molecule has 1 aliphatic carbocycles. The van der Waals surface area contributed by atoms with E-state index in [9.17, 15) is 19.5 Å². The molecule has 138 valence electrons. The van der Waals surface area contributed by atoms with E-state index in [1.807, 2.05) is 0 Å².